The Morgan fingerprint density at radius 1 is 1.06 bits per heavy atom. The normalized spacial score (nSPS) is 30.7. The van der Waals surface area contributed by atoms with Gasteiger partial charge in [-0.1, -0.05) is 36.8 Å². The van der Waals surface area contributed by atoms with Gasteiger partial charge in [-0.3, -0.25) is 0 Å². The summed E-state index contributed by atoms with van der Waals surface area (Å²) in [7, 11) is 0. The Morgan fingerprint density at radius 2 is 1.78 bits per heavy atom. The van der Waals surface area contributed by atoms with E-state index >= 15 is 0 Å². The first-order chi connectivity index (χ1) is 8.83. The van der Waals surface area contributed by atoms with Gasteiger partial charge in [-0.15, -0.1) is 0 Å². The highest BCUT2D eigenvalue weighted by Gasteiger charge is 2.48. The van der Waals surface area contributed by atoms with Crippen molar-refractivity contribution in [2.45, 2.75) is 50.1 Å². The lowest BCUT2D eigenvalue weighted by molar-refractivity contribution is -0.196. The SMILES string of the molecule is OC[C@@H]1OC2(CCCCC2)O[C@H]1c1ccccc1. The van der Waals surface area contributed by atoms with Crippen LogP contribution >= 0.6 is 0 Å². The van der Waals surface area contributed by atoms with Crippen molar-refractivity contribution in [2.24, 2.45) is 0 Å². The first-order valence-electron chi connectivity index (χ1n) is 6.84. The second kappa shape index (κ2) is 5.00. The fourth-order valence-electron chi connectivity index (χ4n) is 3.06. The van der Waals surface area contributed by atoms with Gasteiger partial charge in [0.2, 0.25) is 0 Å². The third kappa shape index (κ3) is 2.18. The summed E-state index contributed by atoms with van der Waals surface area (Å²) in [6.07, 6.45) is 5.10. The number of aliphatic hydroxyl groups excluding tert-OH is 1. The molecule has 1 saturated heterocycles. The summed E-state index contributed by atoms with van der Waals surface area (Å²) in [6, 6.07) is 10.1. The molecule has 2 fully saturated rings. The van der Waals surface area contributed by atoms with Crippen molar-refractivity contribution < 1.29 is 14.6 Å². The summed E-state index contributed by atoms with van der Waals surface area (Å²) < 4.78 is 12.2. The topological polar surface area (TPSA) is 38.7 Å². The van der Waals surface area contributed by atoms with E-state index in [4.69, 9.17) is 9.47 Å². The number of benzene rings is 1. The number of ether oxygens (including phenoxy) is 2. The molecule has 98 valence electrons. The summed E-state index contributed by atoms with van der Waals surface area (Å²) in [5, 5.41) is 9.51. The van der Waals surface area contributed by atoms with Crippen LogP contribution in [0.1, 0.15) is 43.8 Å². The van der Waals surface area contributed by atoms with Gasteiger partial charge in [-0.25, -0.2) is 0 Å². The molecule has 0 radical (unpaired) electrons. The number of rotatable bonds is 2. The minimum atomic E-state index is -0.438. The smallest absolute Gasteiger partial charge is 0.169 e. The van der Waals surface area contributed by atoms with E-state index in [1.165, 1.54) is 6.42 Å². The minimum Gasteiger partial charge on any atom is -0.394 e. The van der Waals surface area contributed by atoms with Crippen LogP contribution in [0.4, 0.5) is 0 Å². The molecule has 18 heavy (non-hydrogen) atoms. The van der Waals surface area contributed by atoms with Gasteiger partial charge in [-0.05, 0) is 18.4 Å². The van der Waals surface area contributed by atoms with E-state index < -0.39 is 5.79 Å². The van der Waals surface area contributed by atoms with Crippen LogP contribution in [0.15, 0.2) is 30.3 Å². The fraction of sp³-hybridized carbons (Fsp3) is 0.600. The Balaban J connectivity index is 1.82. The lowest BCUT2D eigenvalue weighted by Gasteiger charge is -2.31. The second-order valence-corrected chi connectivity index (χ2v) is 5.26. The lowest BCUT2D eigenvalue weighted by Crippen LogP contribution is -2.33. The molecule has 0 unspecified atom stereocenters. The quantitative estimate of drug-likeness (QED) is 0.874. The zero-order chi connectivity index (χ0) is 12.4. The predicted molar refractivity (Wildman–Crippen MR) is 68.0 cm³/mol. The van der Waals surface area contributed by atoms with Gasteiger partial charge in [0, 0.05) is 12.8 Å². The molecule has 2 aliphatic rings. The van der Waals surface area contributed by atoms with Crippen molar-refractivity contribution in [1.82, 2.24) is 0 Å². The number of aliphatic hydroxyl groups is 1. The Bertz CT molecular complexity index is 384. The monoisotopic (exact) mass is 248 g/mol. The molecule has 2 atom stereocenters. The second-order valence-electron chi connectivity index (χ2n) is 5.26. The summed E-state index contributed by atoms with van der Waals surface area (Å²) in [6.45, 7) is 0.0152. The van der Waals surface area contributed by atoms with Crippen molar-refractivity contribution in [2.75, 3.05) is 6.61 Å². The van der Waals surface area contributed by atoms with Crippen LogP contribution in [0, 0.1) is 0 Å². The fourth-order valence-corrected chi connectivity index (χ4v) is 3.06. The van der Waals surface area contributed by atoms with Crippen LogP contribution in [0.2, 0.25) is 0 Å². The molecule has 3 heteroatoms. The van der Waals surface area contributed by atoms with Gasteiger partial charge in [0.05, 0.1) is 6.61 Å². The average molecular weight is 248 g/mol. The minimum absolute atomic E-state index is 0.0152. The van der Waals surface area contributed by atoms with Crippen molar-refractivity contribution in [3.05, 3.63) is 35.9 Å². The molecular weight excluding hydrogens is 228 g/mol. The number of hydrogen-bond acceptors (Lipinski definition) is 3. The molecule has 1 heterocycles. The summed E-state index contributed by atoms with van der Waals surface area (Å²) >= 11 is 0. The summed E-state index contributed by atoms with van der Waals surface area (Å²) in [4.78, 5) is 0. The van der Waals surface area contributed by atoms with E-state index in [1.54, 1.807) is 0 Å². The molecule has 1 saturated carbocycles. The van der Waals surface area contributed by atoms with Crippen LogP contribution in [-0.2, 0) is 9.47 Å². The van der Waals surface area contributed by atoms with Crippen LogP contribution in [-0.4, -0.2) is 23.6 Å². The zero-order valence-corrected chi connectivity index (χ0v) is 10.5. The van der Waals surface area contributed by atoms with Gasteiger partial charge >= 0.3 is 0 Å². The maximum absolute atomic E-state index is 9.51. The molecule has 1 N–H and O–H groups in total. The van der Waals surface area contributed by atoms with Gasteiger partial charge in [0.25, 0.3) is 0 Å². The van der Waals surface area contributed by atoms with E-state index in [0.717, 1.165) is 31.2 Å². The molecular formula is C15H20O3. The molecule has 1 aromatic carbocycles. The van der Waals surface area contributed by atoms with Crippen LogP contribution in [0.5, 0.6) is 0 Å². The molecule has 0 amide bonds. The van der Waals surface area contributed by atoms with Crippen molar-refractivity contribution in [1.29, 1.82) is 0 Å². The molecule has 1 aromatic rings. The zero-order valence-electron chi connectivity index (χ0n) is 10.5. The Hall–Kier alpha value is -0.900. The molecule has 1 spiro atoms. The average Bonchev–Trinajstić information content (AvgIpc) is 2.79. The number of hydrogen-bond donors (Lipinski definition) is 1. The molecule has 0 aromatic heterocycles. The van der Waals surface area contributed by atoms with Crippen molar-refractivity contribution in [3.63, 3.8) is 0 Å². The lowest BCUT2D eigenvalue weighted by atomic mass is 9.94. The first kappa shape index (κ1) is 12.2. The maximum Gasteiger partial charge on any atom is 0.169 e. The van der Waals surface area contributed by atoms with Crippen LogP contribution in [0.25, 0.3) is 0 Å². The summed E-state index contributed by atoms with van der Waals surface area (Å²) in [5.74, 6) is -0.438. The van der Waals surface area contributed by atoms with Crippen LogP contribution in [0.3, 0.4) is 0 Å². The Kier molecular flexibility index (Phi) is 3.37. The highest BCUT2D eigenvalue weighted by Crippen LogP contribution is 2.45. The van der Waals surface area contributed by atoms with Crippen LogP contribution < -0.4 is 0 Å². The first-order valence-corrected chi connectivity index (χ1v) is 6.84. The van der Waals surface area contributed by atoms with E-state index in [9.17, 15) is 5.11 Å². The van der Waals surface area contributed by atoms with Gasteiger partial charge in [0.15, 0.2) is 5.79 Å². The van der Waals surface area contributed by atoms with E-state index in [2.05, 4.69) is 0 Å². The standard InChI is InChI=1S/C15H20O3/c16-11-13-14(12-7-3-1-4-8-12)18-15(17-13)9-5-2-6-10-15/h1,3-4,7-8,13-14,16H,2,5-6,9-11H2/t13-,14-/m0/s1. The van der Waals surface area contributed by atoms with E-state index in [0.29, 0.717) is 0 Å². The molecule has 0 bridgehead atoms. The summed E-state index contributed by atoms with van der Waals surface area (Å²) in [5.41, 5.74) is 1.10. The molecule has 1 aliphatic carbocycles. The van der Waals surface area contributed by atoms with Gasteiger partial charge in [0.1, 0.15) is 12.2 Å². The Labute approximate surface area is 108 Å². The van der Waals surface area contributed by atoms with Gasteiger partial charge in [-0.2, -0.15) is 0 Å². The van der Waals surface area contributed by atoms with E-state index in [1.807, 2.05) is 30.3 Å². The van der Waals surface area contributed by atoms with E-state index in [-0.39, 0.29) is 18.8 Å². The largest absolute Gasteiger partial charge is 0.394 e. The highest BCUT2D eigenvalue weighted by atomic mass is 16.8. The Morgan fingerprint density at radius 3 is 2.44 bits per heavy atom. The van der Waals surface area contributed by atoms with Crippen molar-refractivity contribution >= 4 is 0 Å². The highest BCUT2D eigenvalue weighted by molar-refractivity contribution is 5.20. The predicted octanol–water partition coefficient (Wildman–Crippen LogP) is 2.80. The molecule has 3 nitrogen and oxygen atoms in total. The van der Waals surface area contributed by atoms with Gasteiger partial charge < -0.3 is 14.6 Å². The van der Waals surface area contributed by atoms with Crippen molar-refractivity contribution in [3.8, 4) is 0 Å². The maximum atomic E-state index is 9.51. The molecule has 1 aliphatic heterocycles. The third-order valence-electron chi connectivity index (χ3n) is 3.97. The third-order valence-corrected chi connectivity index (χ3v) is 3.97. The molecule has 3 rings (SSSR count).